The Kier molecular flexibility index (Phi) is 4.84. The molecular weight excluding hydrogens is 390 g/mol. The summed E-state index contributed by atoms with van der Waals surface area (Å²) in [6, 6.07) is 20.8. The van der Waals surface area contributed by atoms with Gasteiger partial charge in [-0.2, -0.15) is 0 Å². The van der Waals surface area contributed by atoms with E-state index in [0.717, 1.165) is 4.57 Å². The lowest BCUT2D eigenvalue weighted by atomic mass is 10.0. The van der Waals surface area contributed by atoms with Crippen molar-refractivity contribution in [2.24, 2.45) is 0 Å². The third kappa shape index (κ3) is 3.26. The second kappa shape index (κ2) is 7.46. The van der Waals surface area contributed by atoms with Crippen LogP contribution in [0.1, 0.15) is 26.3 Å². The molecule has 3 aromatic carbocycles. The third-order valence-electron chi connectivity index (χ3n) is 4.60. The predicted molar refractivity (Wildman–Crippen MR) is 109 cm³/mol. The van der Waals surface area contributed by atoms with E-state index in [2.05, 4.69) is 0 Å². The molecule has 0 saturated carbocycles. The van der Waals surface area contributed by atoms with Gasteiger partial charge in [0.2, 0.25) is 5.88 Å². The van der Waals surface area contributed by atoms with Gasteiger partial charge in [0.05, 0.1) is 16.0 Å². The van der Waals surface area contributed by atoms with Crippen LogP contribution in [0.5, 0.6) is 5.88 Å². The molecular formula is C22H15NO5S. The van der Waals surface area contributed by atoms with Crippen LogP contribution in [-0.2, 0) is 11.1 Å². The second-order valence-corrected chi connectivity index (χ2v) is 7.30. The fourth-order valence-electron chi connectivity index (χ4n) is 3.24. The number of fused-ring (bicyclic) bond motifs is 1. The Labute approximate surface area is 168 Å². The van der Waals surface area contributed by atoms with Gasteiger partial charge < -0.3 is 9.66 Å². The zero-order valence-electron chi connectivity index (χ0n) is 15.0. The van der Waals surface area contributed by atoms with Crippen LogP contribution in [0.15, 0.2) is 83.8 Å². The maximum absolute atomic E-state index is 13.1. The summed E-state index contributed by atoms with van der Waals surface area (Å²) in [6.45, 7) is 0. The van der Waals surface area contributed by atoms with Gasteiger partial charge in [0.15, 0.2) is 16.9 Å². The molecule has 0 spiro atoms. The van der Waals surface area contributed by atoms with Crippen LogP contribution in [0, 0.1) is 0 Å². The van der Waals surface area contributed by atoms with Crippen molar-refractivity contribution >= 4 is 33.7 Å². The zero-order valence-corrected chi connectivity index (χ0v) is 15.8. The Morgan fingerprint density at radius 2 is 1.41 bits per heavy atom. The molecule has 144 valence electrons. The molecule has 1 unspecified atom stereocenters. The molecule has 1 aromatic heterocycles. The molecule has 0 radical (unpaired) electrons. The Balaban J connectivity index is 2.00. The number of hydrogen-bond acceptors (Lipinski definition) is 4. The van der Waals surface area contributed by atoms with Gasteiger partial charge in [0.25, 0.3) is 5.91 Å². The van der Waals surface area contributed by atoms with Crippen LogP contribution >= 0.6 is 0 Å². The number of benzene rings is 3. The average Bonchev–Trinajstić information content (AvgIpc) is 3.04. The molecule has 0 amide bonds. The van der Waals surface area contributed by atoms with Crippen molar-refractivity contribution < 1.29 is 23.5 Å². The molecule has 4 aromatic rings. The largest absolute Gasteiger partial charge is 0.494 e. The first-order valence-corrected chi connectivity index (χ1v) is 9.77. The minimum absolute atomic E-state index is 0.0592. The van der Waals surface area contributed by atoms with Gasteiger partial charge in [0.1, 0.15) is 0 Å². The summed E-state index contributed by atoms with van der Waals surface area (Å²) in [5.74, 6) is -1.52. The van der Waals surface area contributed by atoms with E-state index in [1.54, 1.807) is 60.7 Å². The quantitative estimate of drug-likeness (QED) is 0.397. The van der Waals surface area contributed by atoms with Crippen molar-refractivity contribution in [1.82, 2.24) is 4.57 Å². The predicted octanol–water partition coefficient (Wildman–Crippen LogP) is 3.85. The first kappa shape index (κ1) is 18.8. The number of hydrogen-bond donors (Lipinski definition) is 2. The van der Waals surface area contributed by atoms with E-state index in [1.165, 1.54) is 18.2 Å². The Morgan fingerprint density at radius 3 is 2.00 bits per heavy atom. The molecule has 2 N–H and O–H groups in total. The first-order valence-electron chi connectivity index (χ1n) is 8.67. The normalized spacial score (nSPS) is 12.0. The molecule has 1 atom stereocenters. The van der Waals surface area contributed by atoms with Crippen molar-refractivity contribution in [3.05, 3.63) is 95.6 Å². The van der Waals surface area contributed by atoms with Crippen LogP contribution in [0.4, 0.5) is 0 Å². The number of rotatable bonds is 4. The number of carbonyl (C=O) groups is 2. The monoisotopic (exact) mass is 405 g/mol. The lowest BCUT2D eigenvalue weighted by molar-refractivity contribution is 0.0956. The van der Waals surface area contributed by atoms with E-state index < -0.39 is 28.7 Å². The Morgan fingerprint density at radius 1 is 0.828 bits per heavy atom. The van der Waals surface area contributed by atoms with Crippen LogP contribution in [0.3, 0.4) is 0 Å². The highest BCUT2D eigenvalue weighted by molar-refractivity contribution is 7.79. The van der Waals surface area contributed by atoms with Gasteiger partial charge in [-0.25, -0.2) is 8.78 Å². The minimum Gasteiger partial charge on any atom is -0.494 e. The molecule has 0 aliphatic rings. The van der Waals surface area contributed by atoms with E-state index in [4.69, 9.17) is 0 Å². The minimum atomic E-state index is -2.28. The van der Waals surface area contributed by atoms with E-state index in [-0.39, 0.29) is 21.4 Å². The van der Waals surface area contributed by atoms with Gasteiger partial charge >= 0.3 is 0 Å². The van der Waals surface area contributed by atoms with Crippen molar-refractivity contribution in [2.75, 3.05) is 0 Å². The van der Waals surface area contributed by atoms with Crippen LogP contribution in [0.25, 0.3) is 10.9 Å². The van der Waals surface area contributed by atoms with Gasteiger partial charge in [-0.3, -0.25) is 9.59 Å². The van der Waals surface area contributed by atoms with Crippen molar-refractivity contribution in [2.45, 2.75) is 4.90 Å². The topological polar surface area (TPSA) is 96.6 Å². The zero-order chi connectivity index (χ0) is 20.5. The van der Waals surface area contributed by atoms with E-state index in [1.807, 2.05) is 0 Å². The SMILES string of the molecule is O=C(c1ccccc1)c1c(O)n(C(=O)c2ccccc2)c2ccc(S(=O)O)cc12. The lowest BCUT2D eigenvalue weighted by Gasteiger charge is -2.06. The van der Waals surface area contributed by atoms with Gasteiger partial charge in [0, 0.05) is 16.5 Å². The number of carbonyl (C=O) groups excluding carboxylic acids is 2. The van der Waals surface area contributed by atoms with E-state index >= 15 is 0 Å². The molecule has 0 bridgehead atoms. The highest BCUT2D eigenvalue weighted by Gasteiger charge is 2.27. The second-order valence-electron chi connectivity index (χ2n) is 6.33. The molecule has 0 aliphatic heterocycles. The smallest absolute Gasteiger partial charge is 0.265 e. The van der Waals surface area contributed by atoms with Gasteiger partial charge in [-0.05, 0) is 30.3 Å². The fourth-order valence-corrected chi connectivity index (χ4v) is 3.64. The summed E-state index contributed by atoms with van der Waals surface area (Å²) in [5.41, 5.74) is 0.824. The van der Waals surface area contributed by atoms with Gasteiger partial charge in [-0.15, -0.1) is 0 Å². The molecule has 1 heterocycles. The van der Waals surface area contributed by atoms with E-state index in [0.29, 0.717) is 11.1 Å². The number of aromatic nitrogens is 1. The van der Waals surface area contributed by atoms with Crippen LogP contribution in [-0.4, -0.2) is 30.1 Å². The standard InChI is InChI=1S/C22H15NO5S/c24-20(14-7-3-1-4-8-14)19-17-13-16(29(27)28)11-12-18(17)23(22(19)26)21(25)15-9-5-2-6-10-15/h1-13,26H,(H,27,28). The lowest BCUT2D eigenvalue weighted by Crippen LogP contribution is -2.11. The summed E-state index contributed by atoms with van der Waals surface area (Å²) in [4.78, 5) is 26.2. The number of ketones is 1. The maximum Gasteiger partial charge on any atom is 0.265 e. The van der Waals surface area contributed by atoms with Crippen LogP contribution < -0.4 is 0 Å². The molecule has 4 rings (SSSR count). The summed E-state index contributed by atoms with van der Waals surface area (Å²) in [5, 5.41) is 11.1. The van der Waals surface area contributed by atoms with Crippen LogP contribution in [0.2, 0.25) is 0 Å². The number of aromatic hydroxyl groups is 1. The molecule has 29 heavy (non-hydrogen) atoms. The third-order valence-corrected chi connectivity index (χ3v) is 5.26. The van der Waals surface area contributed by atoms with Crippen molar-refractivity contribution in [3.63, 3.8) is 0 Å². The highest BCUT2D eigenvalue weighted by atomic mass is 32.2. The van der Waals surface area contributed by atoms with E-state index in [9.17, 15) is 23.5 Å². The summed E-state index contributed by atoms with van der Waals surface area (Å²) < 4.78 is 22.0. The molecule has 0 fully saturated rings. The number of nitrogens with zero attached hydrogens (tertiary/aromatic N) is 1. The van der Waals surface area contributed by atoms with Crippen molar-refractivity contribution in [3.8, 4) is 5.88 Å². The maximum atomic E-state index is 13.1. The summed E-state index contributed by atoms with van der Waals surface area (Å²) >= 11 is -2.28. The van der Waals surface area contributed by atoms with Crippen molar-refractivity contribution in [1.29, 1.82) is 0 Å². The fraction of sp³-hybridized carbons (Fsp3) is 0. The molecule has 7 heteroatoms. The average molecular weight is 405 g/mol. The first-order chi connectivity index (χ1) is 14.0. The Bertz CT molecular complexity index is 1260. The molecule has 0 saturated heterocycles. The molecule has 0 aliphatic carbocycles. The highest BCUT2D eigenvalue weighted by Crippen LogP contribution is 2.35. The summed E-state index contributed by atoms with van der Waals surface area (Å²) in [6.07, 6.45) is 0. The molecule has 6 nitrogen and oxygen atoms in total. The summed E-state index contributed by atoms with van der Waals surface area (Å²) in [7, 11) is 0. The Hall–Kier alpha value is -3.55. The van der Waals surface area contributed by atoms with Gasteiger partial charge in [-0.1, -0.05) is 48.5 Å².